The lowest BCUT2D eigenvalue weighted by Crippen LogP contribution is -2.36. The highest BCUT2D eigenvalue weighted by molar-refractivity contribution is 9.10. The molecule has 0 aliphatic carbocycles. The third-order valence-electron chi connectivity index (χ3n) is 3.11. The fraction of sp³-hybridized carbons (Fsp3) is 0.429. The van der Waals surface area contributed by atoms with Gasteiger partial charge < -0.3 is 19.5 Å². The maximum absolute atomic E-state index is 12.2. The number of hydrogen-bond donors (Lipinski definition) is 1. The lowest BCUT2D eigenvalue weighted by molar-refractivity contribution is -0.144. The number of carbonyl (C=O) groups is 2. The van der Waals surface area contributed by atoms with Gasteiger partial charge in [0.15, 0.2) is 11.5 Å². The number of rotatable bonds is 5. The molecule has 1 aromatic rings. The van der Waals surface area contributed by atoms with Crippen LogP contribution in [0.1, 0.15) is 12.5 Å². The second-order valence-corrected chi connectivity index (χ2v) is 5.42. The molecule has 114 valence electrons. The van der Waals surface area contributed by atoms with E-state index < -0.39 is 5.97 Å². The van der Waals surface area contributed by atoms with Crippen molar-refractivity contribution in [3.63, 3.8) is 0 Å². The molecule has 0 spiro atoms. The highest BCUT2D eigenvalue weighted by Crippen LogP contribution is 2.35. The lowest BCUT2D eigenvalue weighted by Gasteiger charge is -2.21. The Balaban J connectivity index is 2.15. The Labute approximate surface area is 130 Å². The second kappa shape index (κ2) is 6.80. The predicted molar refractivity (Wildman–Crippen MR) is 78.7 cm³/mol. The molecule has 0 fully saturated rings. The van der Waals surface area contributed by atoms with E-state index in [1.165, 1.54) is 4.90 Å². The van der Waals surface area contributed by atoms with E-state index in [2.05, 4.69) is 15.9 Å². The number of carbonyl (C=O) groups excluding carboxylic acids is 1. The van der Waals surface area contributed by atoms with Gasteiger partial charge in [-0.25, -0.2) is 0 Å². The molecule has 6 nitrogen and oxygen atoms in total. The van der Waals surface area contributed by atoms with Gasteiger partial charge >= 0.3 is 5.97 Å². The molecule has 7 heteroatoms. The van der Waals surface area contributed by atoms with Crippen LogP contribution >= 0.6 is 15.9 Å². The van der Waals surface area contributed by atoms with Crippen molar-refractivity contribution < 1.29 is 24.2 Å². The summed E-state index contributed by atoms with van der Waals surface area (Å²) in [5.41, 5.74) is 0.744. The van der Waals surface area contributed by atoms with E-state index in [9.17, 15) is 9.59 Å². The zero-order valence-corrected chi connectivity index (χ0v) is 13.2. The van der Waals surface area contributed by atoms with Gasteiger partial charge in [-0.05, 0) is 24.6 Å². The summed E-state index contributed by atoms with van der Waals surface area (Å²) in [7, 11) is 0. The predicted octanol–water partition coefficient (Wildman–Crippen LogP) is 1.70. The van der Waals surface area contributed by atoms with Crippen molar-refractivity contribution in [1.82, 2.24) is 4.90 Å². The smallest absolute Gasteiger partial charge is 0.323 e. The van der Waals surface area contributed by atoms with Gasteiger partial charge in [-0.2, -0.15) is 0 Å². The molecule has 0 saturated carbocycles. The number of aliphatic carboxylic acids is 1. The summed E-state index contributed by atoms with van der Waals surface area (Å²) in [5.74, 6) is -0.0144. The Kier molecular flexibility index (Phi) is 5.06. The summed E-state index contributed by atoms with van der Waals surface area (Å²) in [6.45, 7) is 2.78. The monoisotopic (exact) mass is 357 g/mol. The molecule has 21 heavy (non-hydrogen) atoms. The third-order valence-corrected chi connectivity index (χ3v) is 3.85. The molecule has 0 aromatic heterocycles. The van der Waals surface area contributed by atoms with E-state index in [0.717, 1.165) is 10.0 Å². The number of carboxylic acid groups (broad SMARTS) is 1. The van der Waals surface area contributed by atoms with Crippen molar-refractivity contribution in [3.05, 3.63) is 22.2 Å². The average Bonchev–Trinajstić information content (AvgIpc) is 2.45. The van der Waals surface area contributed by atoms with Crippen molar-refractivity contribution in [2.24, 2.45) is 0 Å². The van der Waals surface area contributed by atoms with Gasteiger partial charge in [-0.3, -0.25) is 9.59 Å². The second-order valence-electron chi connectivity index (χ2n) is 4.57. The average molecular weight is 358 g/mol. The summed E-state index contributed by atoms with van der Waals surface area (Å²) in [6.07, 6.45) is 0.109. The van der Waals surface area contributed by atoms with E-state index in [1.807, 2.05) is 0 Å². The largest absolute Gasteiger partial charge is 0.486 e. The van der Waals surface area contributed by atoms with E-state index in [0.29, 0.717) is 31.3 Å². The number of ether oxygens (including phenoxy) is 2. The molecule has 0 bridgehead atoms. The Morgan fingerprint density at radius 2 is 1.90 bits per heavy atom. The fourth-order valence-corrected chi connectivity index (χ4v) is 2.52. The molecule has 1 aliphatic rings. The first-order valence-corrected chi connectivity index (χ1v) is 7.38. The van der Waals surface area contributed by atoms with Gasteiger partial charge in [0.2, 0.25) is 5.91 Å². The minimum Gasteiger partial charge on any atom is -0.486 e. The number of benzene rings is 1. The van der Waals surface area contributed by atoms with Crippen LogP contribution in [0.5, 0.6) is 11.5 Å². The summed E-state index contributed by atoms with van der Waals surface area (Å²) in [4.78, 5) is 24.2. The number of likely N-dealkylation sites (N-methyl/N-ethyl adjacent to an activating group) is 1. The van der Waals surface area contributed by atoms with Gasteiger partial charge in [0.25, 0.3) is 0 Å². The van der Waals surface area contributed by atoms with Crippen molar-refractivity contribution in [2.75, 3.05) is 26.3 Å². The van der Waals surface area contributed by atoms with E-state index in [1.54, 1.807) is 19.1 Å². The molecule has 1 aromatic carbocycles. The summed E-state index contributed by atoms with van der Waals surface area (Å²) in [6, 6.07) is 3.52. The van der Waals surface area contributed by atoms with E-state index >= 15 is 0 Å². The Morgan fingerprint density at radius 3 is 2.48 bits per heavy atom. The Bertz CT molecular complexity index is 561. The van der Waals surface area contributed by atoms with Crippen LogP contribution in [-0.2, 0) is 16.0 Å². The number of hydrogen-bond acceptors (Lipinski definition) is 4. The first kappa shape index (κ1) is 15.6. The van der Waals surface area contributed by atoms with Crippen LogP contribution in [0.15, 0.2) is 16.6 Å². The van der Waals surface area contributed by atoms with Crippen molar-refractivity contribution in [3.8, 4) is 11.5 Å². The van der Waals surface area contributed by atoms with Crippen LogP contribution in [0.3, 0.4) is 0 Å². The summed E-state index contributed by atoms with van der Waals surface area (Å²) in [5, 5.41) is 8.80. The maximum Gasteiger partial charge on any atom is 0.323 e. The quantitative estimate of drug-likeness (QED) is 0.867. The lowest BCUT2D eigenvalue weighted by atomic mass is 10.1. The molecule has 1 amide bonds. The van der Waals surface area contributed by atoms with E-state index in [-0.39, 0.29) is 18.9 Å². The van der Waals surface area contributed by atoms with Gasteiger partial charge in [0, 0.05) is 11.0 Å². The number of fused-ring (bicyclic) bond motifs is 1. The fourth-order valence-electron chi connectivity index (χ4n) is 2.06. The number of nitrogens with zero attached hydrogens (tertiary/aromatic N) is 1. The van der Waals surface area contributed by atoms with Gasteiger partial charge in [0.05, 0.1) is 6.42 Å². The number of amides is 1. The minimum atomic E-state index is -1.02. The Morgan fingerprint density at radius 1 is 1.29 bits per heavy atom. The minimum absolute atomic E-state index is 0.109. The zero-order chi connectivity index (χ0) is 15.4. The number of halogens is 1. The third kappa shape index (κ3) is 3.87. The van der Waals surface area contributed by atoms with Crippen LogP contribution in [0.25, 0.3) is 0 Å². The molecule has 0 radical (unpaired) electrons. The van der Waals surface area contributed by atoms with Crippen LogP contribution in [-0.4, -0.2) is 48.2 Å². The molecular weight excluding hydrogens is 342 g/mol. The van der Waals surface area contributed by atoms with Crippen LogP contribution < -0.4 is 9.47 Å². The van der Waals surface area contributed by atoms with Crippen LogP contribution in [0.2, 0.25) is 0 Å². The SMILES string of the molecule is CCN(CC(=O)O)C(=O)Cc1cc2c(cc1Br)OCCO2. The first-order chi connectivity index (χ1) is 10.0. The maximum atomic E-state index is 12.2. The normalized spacial score (nSPS) is 12.9. The van der Waals surface area contributed by atoms with Crippen LogP contribution in [0.4, 0.5) is 0 Å². The van der Waals surface area contributed by atoms with Gasteiger partial charge in [-0.15, -0.1) is 0 Å². The van der Waals surface area contributed by atoms with Crippen molar-refractivity contribution in [1.29, 1.82) is 0 Å². The van der Waals surface area contributed by atoms with Gasteiger partial charge in [0.1, 0.15) is 19.8 Å². The Hall–Kier alpha value is -1.76. The summed E-state index contributed by atoms with van der Waals surface area (Å²) >= 11 is 3.40. The van der Waals surface area contributed by atoms with Crippen molar-refractivity contribution >= 4 is 27.8 Å². The topological polar surface area (TPSA) is 76.1 Å². The molecule has 1 heterocycles. The molecule has 0 unspecified atom stereocenters. The van der Waals surface area contributed by atoms with Gasteiger partial charge in [-0.1, -0.05) is 15.9 Å². The highest BCUT2D eigenvalue weighted by atomic mass is 79.9. The zero-order valence-electron chi connectivity index (χ0n) is 11.6. The van der Waals surface area contributed by atoms with Crippen LogP contribution in [0, 0.1) is 0 Å². The summed E-state index contributed by atoms with van der Waals surface area (Å²) < 4.78 is 11.7. The molecular formula is C14H16BrNO5. The highest BCUT2D eigenvalue weighted by Gasteiger charge is 2.20. The van der Waals surface area contributed by atoms with E-state index in [4.69, 9.17) is 14.6 Å². The molecule has 0 saturated heterocycles. The molecule has 1 N–H and O–H groups in total. The molecule has 0 atom stereocenters. The molecule has 1 aliphatic heterocycles. The van der Waals surface area contributed by atoms with Crippen molar-refractivity contribution in [2.45, 2.75) is 13.3 Å². The number of carboxylic acids is 1. The molecule has 2 rings (SSSR count). The standard InChI is InChI=1S/C14H16BrNO5/c1-2-16(8-14(18)19)13(17)6-9-5-11-12(7-10(9)15)21-4-3-20-11/h5,7H,2-4,6,8H2,1H3,(H,18,19). The first-order valence-electron chi connectivity index (χ1n) is 6.58.